The largest absolute Gasteiger partial charge is 0.469 e. The lowest BCUT2D eigenvalue weighted by atomic mass is 10.2. The molecule has 6 heteroatoms. The van der Waals surface area contributed by atoms with E-state index in [1.54, 1.807) is 18.2 Å². The van der Waals surface area contributed by atoms with Crippen LogP contribution in [0.3, 0.4) is 0 Å². The Balaban J connectivity index is 2.69. The van der Waals surface area contributed by atoms with Crippen LogP contribution in [-0.4, -0.2) is 31.9 Å². The van der Waals surface area contributed by atoms with Crippen LogP contribution in [0.5, 0.6) is 0 Å². The number of anilines is 1. The second-order valence-corrected chi connectivity index (χ2v) is 4.56. The first-order valence-corrected chi connectivity index (χ1v) is 6.24. The van der Waals surface area contributed by atoms with Crippen molar-refractivity contribution in [2.75, 3.05) is 25.7 Å². The number of hydrogen-bond donors (Lipinski definition) is 1. The highest BCUT2D eigenvalue weighted by atomic mass is 32.2. The average molecular weight is 269 g/mol. The molecule has 0 aromatic heterocycles. The number of benzene rings is 1. The van der Waals surface area contributed by atoms with Crippen molar-refractivity contribution in [3.8, 4) is 0 Å². The highest BCUT2D eigenvalue weighted by molar-refractivity contribution is 7.99. The lowest BCUT2D eigenvalue weighted by molar-refractivity contribution is -0.140. The third kappa shape index (κ3) is 3.96. The lowest BCUT2D eigenvalue weighted by Crippen LogP contribution is -2.03. The molecular formula is C12H15NO4S. The Labute approximate surface area is 110 Å². The van der Waals surface area contributed by atoms with Gasteiger partial charge in [0, 0.05) is 16.3 Å². The van der Waals surface area contributed by atoms with Crippen molar-refractivity contribution in [1.29, 1.82) is 0 Å². The lowest BCUT2D eigenvalue weighted by Gasteiger charge is -2.07. The predicted octanol–water partition coefficient (Wildman–Crippen LogP) is 1.71. The summed E-state index contributed by atoms with van der Waals surface area (Å²) in [4.78, 5) is 23.1. The molecule has 0 fully saturated rings. The molecule has 1 rings (SSSR count). The third-order valence-electron chi connectivity index (χ3n) is 2.23. The van der Waals surface area contributed by atoms with Gasteiger partial charge in [0.05, 0.1) is 26.2 Å². The van der Waals surface area contributed by atoms with Gasteiger partial charge in [0.2, 0.25) is 0 Å². The van der Waals surface area contributed by atoms with Gasteiger partial charge in [-0.15, -0.1) is 11.8 Å². The molecule has 5 nitrogen and oxygen atoms in total. The maximum atomic E-state index is 11.4. The summed E-state index contributed by atoms with van der Waals surface area (Å²) in [5, 5.41) is 0. The molecule has 0 radical (unpaired) electrons. The van der Waals surface area contributed by atoms with Crippen molar-refractivity contribution in [1.82, 2.24) is 0 Å². The van der Waals surface area contributed by atoms with Crippen molar-refractivity contribution < 1.29 is 19.1 Å². The fourth-order valence-corrected chi connectivity index (χ4v) is 2.18. The minimum Gasteiger partial charge on any atom is -0.469 e. The molecule has 0 bridgehead atoms. The van der Waals surface area contributed by atoms with Gasteiger partial charge in [0.25, 0.3) is 0 Å². The van der Waals surface area contributed by atoms with E-state index >= 15 is 0 Å². The number of nitrogens with two attached hydrogens (primary N) is 1. The van der Waals surface area contributed by atoms with Gasteiger partial charge in [0.15, 0.2) is 0 Å². The number of ether oxygens (including phenoxy) is 2. The number of carbonyl (C=O) groups is 2. The molecule has 0 saturated heterocycles. The molecule has 1 aromatic carbocycles. The summed E-state index contributed by atoms with van der Waals surface area (Å²) < 4.78 is 9.17. The topological polar surface area (TPSA) is 78.6 Å². The second kappa shape index (κ2) is 6.90. The van der Waals surface area contributed by atoms with E-state index in [1.165, 1.54) is 26.0 Å². The zero-order chi connectivity index (χ0) is 13.5. The monoisotopic (exact) mass is 269 g/mol. The van der Waals surface area contributed by atoms with E-state index in [0.29, 0.717) is 23.4 Å². The smallest absolute Gasteiger partial charge is 0.337 e. The maximum absolute atomic E-state index is 11.4. The Morgan fingerprint density at radius 1 is 1.28 bits per heavy atom. The van der Waals surface area contributed by atoms with Crippen LogP contribution in [0.2, 0.25) is 0 Å². The van der Waals surface area contributed by atoms with Crippen LogP contribution in [0.4, 0.5) is 5.69 Å². The van der Waals surface area contributed by atoms with Crippen molar-refractivity contribution in [2.24, 2.45) is 0 Å². The van der Waals surface area contributed by atoms with Gasteiger partial charge in [-0.25, -0.2) is 4.79 Å². The number of hydrogen-bond acceptors (Lipinski definition) is 6. The second-order valence-electron chi connectivity index (χ2n) is 3.42. The van der Waals surface area contributed by atoms with Gasteiger partial charge in [-0.2, -0.15) is 0 Å². The van der Waals surface area contributed by atoms with E-state index < -0.39 is 5.97 Å². The van der Waals surface area contributed by atoms with Gasteiger partial charge in [-0.05, 0) is 18.2 Å². The van der Waals surface area contributed by atoms with E-state index in [-0.39, 0.29) is 5.97 Å². The Morgan fingerprint density at radius 3 is 2.61 bits per heavy atom. The van der Waals surface area contributed by atoms with Crippen LogP contribution < -0.4 is 5.73 Å². The minimum atomic E-state index is -0.412. The number of esters is 2. The molecule has 0 aliphatic carbocycles. The molecule has 0 heterocycles. The quantitative estimate of drug-likeness (QED) is 0.498. The average Bonchev–Trinajstić information content (AvgIpc) is 2.39. The van der Waals surface area contributed by atoms with E-state index in [4.69, 9.17) is 5.73 Å². The first kappa shape index (κ1) is 14.4. The molecule has 0 aliphatic heterocycles. The zero-order valence-corrected chi connectivity index (χ0v) is 11.1. The number of carbonyl (C=O) groups excluding carboxylic acids is 2. The van der Waals surface area contributed by atoms with E-state index in [2.05, 4.69) is 9.47 Å². The summed E-state index contributed by atoms with van der Waals surface area (Å²) in [7, 11) is 2.67. The van der Waals surface area contributed by atoms with E-state index in [9.17, 15) is 9.59 Å². The third-order valence-corrected chi connectivity index (χ3v) is 3.30. The molecule has 0 amide bonds. The fourth-order valence-electron chi connectivity index (χ4n) is 1.25. The van der Waals surface area contributed by atoms with Crippen LogP contribution in [0.25, 0.3) is 0 Å². The number of thioether (sulfide) groups is 1. The Morgan fingerprint density at radius 2 is 2.00 bits per heavy atom. The molecule has 0 unspecified atom stereocenters. The summed E-state index contributed by atoms with van der Waals surface area (Å²) in [6.45, 7) is 0. The first-order valence-electron chi connectivity index (χ1n) is 5.26. The van der Waals surface area contributed by atoms with Crippen molar-refractivity contribution in [3.63, 3.8) is 0 Å². The maximum Gasteiger partial charge on any atom is 0.337 e. The normalized spacial score (nSPS) is 9.89. The Kier molecular flexibility index (Phi) is 5.51. The highest BCUT2D eigenvalue weighted by Crippen LogP contribution is 2.27. The van der Waals surface area contributed by atoms with Crippen LogP contribution in [-0.2, 0) is 14.3 Å². The first-order chi connectivity index (χ1) is 8.58. The SMILES string of the molecule is COC(=O)CCSc1cc(C(=O)OC)ccc1N. The van der Waals surface area contributed by atoms with Crippen molar-refractivity contribution in [3.05, 3.63) is 23.8 Å². The Bertz CT molecular complexity index is 448. The molecule has 1 aromatic rings. The Hall–Kier alpha value is -1.69. The van der Waals surface area contributed by atoms with Crippen LogP contribution in [0.1, 0.15) is 16.8 Å². The van der Waals surface area contributed by atoms with Gasteiger partial charge in [-0.3, -0.25) is 4.79 Å². The summed E-state index contributed by atoms with van der Waals surface area (Å²) >= 11 is 1.40. The molecule has 0 spiro atoms. The molecule has 2 N–H and O–H groups in total. The summed E-state index contributed by atoms with van der Waals surface area (Å²) in [6, 6.07) is 4.90. The van der Waals surface area contributed by atoms with Gasteiger partial charge in [-0.1, -0.05) is 0 Å². The zero-order valence-electron chi connectivity index (χ0n) is 10.3. The van der Waals surface area contributed by atoms with Gasteiger partial charge < -0.3 is 15.2 Å². The standard InChI is InChI=1S/C12H15NO4S/c1-16-11(14)5-6-18-10-7-8(12(15)17-2)3-4-9(10)13/h3-4,7H,5-6,13H2,1-2H3. The summed E-state index contributed by atoms with van der Waals surface area (Å²) in [5.41, 5.74) is 6.80. The van der Waals surface area contributed by atoms with Gasteiger partial charge >= 0.3 is 11.9 Å². The van der Waals surface area contributed by atoms with Crippen LogP contribution in [0.15, 0.2) is 23.1 Å². The molecule has 0 atom stereocenters. The highest BCUT2D eigenvalue weighted by Gasteiger charge is 2.09. The van der Waals surface area contributed by atoms with Crippen LogP contribution in [0, 0.1) is 0 Å². The number of nitrogen functional groups attached to an aromatic ring is 1. The molecular weight excluding hydrogens is 254 g/mol. The van der Waals surface area contributed by atoms with Crippen molar-refractivity contribution in [2.45, 2.75) is 11.3 Å². The molecule has 18 heavy (non-hydrogen) atoms. The molecule has 98 valence electrons. The number of methoxy groups -OCH3 is 2. The minimum absolute atomic E-state index is 0.273. The predicted molar refractivity (Wildman–Crippen MR) is 69.6 cm³/mol. The van der Waals surface area contributed by atoms with E-state index in [0.717, 1.165) is 4.90 Å². The van der Waals surface area contributed by atoms with Crippen LogP contribution >= 0.6 is 11.8 Å². The fraction of sp³-hybridized carbons (Fsp3) is 0.333. The van der Waals surface area contributed by atoms with Gasteiger partial charge in [0.1, 0.15) is 0 Å². The number of rotatable bonds is 5. The molecule has 0 saturated carbocycles. The van der Waals surface area contributed by atoms with E-state index in [1.807, 2.05) is 0 Å². The van der Waals surface area contributed by atoms with Crippen molar-refractivity contribution >= 4 is 29.4 Å². The summed E-state index contributed by atoms with van der Waals surface area (Å²) in [5.74, 6) is -0.142. The molecule has 0 aliphatic rings. The summed E-state index contributed by atoms with van der Waals surface area (Å²) in [6.07, 6.45) is 0.295.